The highest BCUT2D eigenvalue weighted by molar-refractivity contribution is 5.73. The van der Waals surface area contributed by atoms with E-state index < -0.39 is 12.0 Å². The maximum atomic E-state index is 10.5. The van der Waals surface area contributed by atoms with Crippen molar-refractivity contribution in [3.63, 3.8) is 0 Å². The predicted octanol–water partition coefficient (Wildman–Crippen LogP) is 0.344. The fourth-order valence-electron chi connectivity index (χ4n) is 1.06. The van der Waals surface area contributed by atoms with Crippen LogP contribution < -0.4 is 5.73 Å². The first-order valence-corrected chi connectivity index (χ1v) is 3.99. The van der Waals surface area contributed by atoms with Gasteiger partial charge in [-0.3, -0.25) is 9.78 Å². The second-order valence-electron chi connectivity index (χ2n) is 2.95. The lowest BCUT2D eigenvalue weighted by molar-refractivity contribution is -0.138. The van der Waals surface area contributed by atoms with Crippen LogP contribution in [0, 0.1) is 6.92 Å². The molecule has 0 radical (unpaired) electrons. The van der Waals surface area contributed by atoms with Gasteiger partial charge in [-0.1, -0.05) is 0 Å². The standard InChI is InChI=1S/C9H12N2O2/c1-6-5-11-3-2-7(6)4-8(10)9(12)13/h2-3,5,8H,4,10H2,1H3,(H,12,13)/t8-/m1/s1. The second kappa shape index (κ2) is 4.00. The fourth-order valence-corrected chi connectivity index (χ4v) is 1.06. The number of nitrogens with zero attached hydrogens (tertiary/aromatic N) is 1. The van der Waals surface area contributed by atoms with Gasteiger partial charge in [0.05, 0.1) is 0 Å². The van der Waals surface area contributed by atoms with Crippen molar-refractivity contribution in [2.45, 2.75) is 19.4 Å². The molecule has 70 valence electrons. The third-order valence-electron chi connectivity index (χ3n) is 1.89. The summed E-state index contributed by atoms with van der Waals surface area (Å²) in [6.45, 7) is 1.89. The summed E-state index contributed by atoms with van der Waals surface area (Å²) in [7, 11) is 0. The smallest absolute Gasteiger partial charge is 0.320 e. The summed E-state index contributed by atoms with van der Waals surface area (Å²) in [5.74, 6) is -0.976. The summed E-state index contributed by atoms with van der Waals surface area (Å²) in [5, 5.41) is 8.59. The number of aryl methyl sites for hydroxylation is 1. The molecule has 4 heteroatoms. The summed E-state index contributed by atoms with van der Waals surface area (Å²) in [5.41, 5.74) is 7.30. The predicted molar refractivity (Wildman–Crippen MR) is 48.3 cm³/mol. The Morgan fingerprint density at radius 1 is 1.77 bits per heavy atom. The number of nitrogens with two attached hydrogens (primary N) is 1. The number of carbonyl (C=O) groups is 1. The summed E-state index contributed by atoms with van der Waals surface area (Å²) in [4.78, 5) is 14.4. The summed E-state index contributed by atoms with van der Waals surface area (Å²) < 4.78 is 0. The Hall–Kier alpha value is -1.42. The number of pyridine rings is 1. The molecule has 3 N–H and O–H groups in total. The molecular weight excluding hydrogens is 168 g/mol. The molecule has 13 heavy (non-hydrogen) atoms. The molecule has 0 aliphatic carbocycles. The van der Waals surface area contributed by atoms with Crippen molar-refractivity contribution >= 4 is 5.97 Å². The van der Waals surface area contributed by atoms with Gasteiger partial charge >= 0.3 is 5.97 Å². The van der Waals surface area contributed by atoms with Crippen LogP contribution in [0.3, 0.4) is 0 Å². The van der Waals surface area contributed by atoms with E-state index in [2.05, 4.69) is 4.98 Å². The van der Waals surface area contributed by atoms with E-state index in [9.17, 15) is 4.79 Å². The molecule has 0 saturated carbocycles. The van der Waals surface area contributed by atoms with Crippen LogP contribution in [0.1, 0.15) is 11.1 Å². The van der Waals surface area contributed by atoms with Crippen molar-refractivity contribution in [2.24, 2.45) is 5.73 Å². The van der Waals surface area contributed by atoms with Gasteiger partial charge in [0.1, 0.15) is 6.04 Å². The molecule has 1 heterocycles. The molecule has 1 rings (SSSR count). The van der Waals surface area contributed by atoms with Crippen LogP contribution in [0.4, 0.5) is 0 Å². The molecule has 0 amide bonds. The lowest BCUT2D eigenvalue weighted by Gasteiger charge is -2.07. The average molecular weight is 180 g/mol. The molecule has 0 unspecified atom stereocenters. The Labute approximate surface area is 76.4 Å². The zero-order chi connectivity index (χ0) is 9.84. The molecule has 0 fully saturated rings. The van der Waals surface area contributed by atoms with Gasteiger partial charge in [-0.25, -0.2) is 0 Å². The van der Waals surface area contributed by atoms with E-state index in [4.69, 9.17) is 10.8 Å². The zero-order valence-corrected chi connectivity index (χ0v) is 7.40. The largest absolute Gasteiger partial charge is 0.480 e. The van der Waals surface area contributed by atoms with Crippen LogP contribution in [0.2, 0.25) is 0 Å². The van der Waals surface area contributed by atoms with E-state index in [1.807, 2.05) is 6.92 Å². The molecule has 0 aliphatic rings. The number of carboxylic acid groups (broad SMARTS) is 1. The Kier molecular flexibility index (Phi) is 2.97. The third kappa shape index (κ3) is 2.52. The van der Waals surface area contributed by atoms with E-state index in [0.717, 1.165) is 11.1 Å². The summed E-state index contributed by atoms with van der Waals surface area (Å²) in [6, 6.07) is 0.957. The average Bonchev–Trinajstić information content (AvgIpc) is 2.08. The molecule has 0 spiro atoms. The van der Waals surface area contributed by atoms with Crippen molar-refractivity contribution in [3.05, 3.63) is 29.6 Å². The Morgan fingerprint density at radius 3 is 3.00 bits per heavy atom. The number of hydrogen-bond donors (Lipinski definition) is 2. The van der Waals surface area contributed by atoms with Gasteiger partial charge in [0.25, 0.3) is 0 Å². The minimum Gasteiger partial charge on any atom is -0.480 e. The normalized spacial score (nSPS) is 12.5. The van der Waals surface area contributed by atoms with E-state index in [-0.39, 0.29) is 0 Å². The second-order valence-corrected chi connectivity index (χ2v) is 2.95. The van der Waals surface area contributed by atoms with Gasteiger partial charge in [0.15, 0.2) is 0 Å². The third-order valence-corrected chi connectivity index (χ3v) is 1.89. The maximum Gasteiger partial charge on any atom is 0.320 e. The van der Waals surface area contributed by atoms with Gasteiger partial charge in [-0.15, -0.1) is 0 Å². The topological polar surface area (TPSA) is 76.2 Å². The highest BCUT2D eigenvalue weighted by Crippen LogP contribution is 2.07. The minimum absolute atomic E-state index is 0.351. The zero-order valence-electron chi connectivity index (χ0n) is 7.40. The molecule has 1 aromatic rings. The summed E-state index contributed by atoms with van der Waals surface area (Å²) in [6.07, 6.45) is 3.69. The molecule has 0 bridgehead atoms. The van der Waals surface area contributed by atoms with Crippen molar-refractivity contribution in [1.29, 1.82) is 0 Å². The molecule has 0 saturated heterocycles. The maximum absolute atomic E-state index is 10.5. The van der Waals surface area contributed by atoms with Crippen LogP contribution in [-0.4, -0.2) is 22.1 Å². The molecule has 1 aromatic heterocycles. The van der Waals surface area contributed by atoms with Crippen LogP contribution in [-0.2, 0) is 11.2 Å². The number of aliphatic carboxylic acids is 1. The van der Waals surface area contributed by atoms with Gasteiger partial charge in [0, 0.05) is 12.4 Å². The van der Waals surface area contributed by atoms with Crippen molar-refractivity contribution in [2.75, 3.05) is 0 Å². The summed E-state index contributed by atoms with van der Waals surface area (Å²) >= 11 is 0. The molecule has 4 nitrogen and oxygen atoms in total. The Morgan fingerprint density at radius 2 is 2.46 bits per heavy atom. The highest BCUT2D eigenvalue weighted by Gasteiger charge is 2.12. The van der Waals surface area contributed by atoms with Gasteiger partial charge < -0.3 is 10.8 Å². The first-order chi connectivity index (χ1) is 6.11. The molecular formula is C9H12N2O2. The van der Waals surface area contributed by atoms with Crippen molar-refractivity contribution in [1.82, 2.24) is 4.98 Å². The number of carboxylic acids is 1. The minimum atomic E-state index is -0.976. The number of rotatable bonds is 3. The number of aromatic nitrogens is 1. The van der Waals surface area contributed by atoms with E-state index in [1.54, 1.807) is 18.5 Å². The highest BCUT2D eigenvalue weighted by atomic mass is 16.4. The van der Waals surface area contributed by atoms with Crippen LogP contribution >= 0.6 is 0 Å². The molecule has 0 aromatic carbocycles. The van der Waals surface area contributed by atoms with Crippen LogP contribution in [0.15, 0.2) is 18.5 Å². The van der Waals surface area contributed by atoms with E-state index in [1.165, 1.54) is 0 Å². The fraction of sp³-hybridized carbons (Fsp3) is 0.333. The number of hydrogen-bond acceptors (Lipinski definition) is 3. The monoisotopic (exact) mass is 180 g/mol. The van der Waals surface area contributed by atoms with Crippen molar-refractivity contribution < 1.29 is 9.90 Å². The lowest BCUT2D eigenvalue weighted by Crippen LogP contribution is -2.32. The van der Waals surface area contributed by atoms with Gasteiger partial charge in [0.2, 0.25) is 0 Å². The van der Waals surface area contributed by atoms with Gasteiger partial charge in [-0.2, -0.15) is 0 Å². The quantitative estimate of drug-likeness (QED) is 0.703. The van der Waals surface area contributed by atoms with Crippen LogP contribution in [0.25, 0.3) is 0 Å². The Balaban J connectivity index is 2.74. The van der Waals surface area contributed by atoms with Crippen molar-refractivity contribution in [3.8, 4) is 0 Å². The Bertz CT molecular complexity index is 312. The molecule has 0 aliphatic heterocycles. The van der Waals surface area contributed by atoms with E-state index >= 15 is 0 Å². The van der Waals surface area contributed by atoms with E-state index in [0.29, 0.717) is 6.42 Å². The lowest BCUT2D eigenvalue weighted by atomic mass is 10.0. The van der Waals surface area contributed by atoms with Crippen LogP contribution in [0.5, 0.6) is 0 Å². The molecule has 1 atom stereocenters. The first-order valence-electron chi connectivity index (χ1n) is 3.99. The SMILES string of the molecule is Cc1cnccc1C[C@@H](N)C(=O)O. The first kappa shape index (κ1) is 9.67. The van der Waals surface area contributed by atoms with Gasteiger partial charge in [-0.05, 0) is 30.5 Å².